The molecule has 0 unspecified atom stereocenters. The first kappa shape index (κ1) is 13.8. The van der Waals surface area contributed by atoms with Crippen molar-refractivity contribution in [3.05, 3.63) is 95.5 Å². The number of hydrogen-bond donors (Lipinski definition) is 0. The predicted octanol–water partition coefficient (Wildman–Crippen LogP) is 5.60. The maximum atomic E-state index is 4.90. The third kappa shape index (κ3) is 2.21. The molecule has 1 aromatic heterocycles. The van der Waals surface area contributed by atoms with Gasteiger partial charge in [-0.05, 0) is 29.8 Å². The van der Waals surface area contributed by atoms with Crippen molar-refractivity contribution in [2.75, 3.05) is 4.90 Å². The number of aromatic nitrogens is 1. The lowest BCUT2D eigenvalue weighted by atomic mass is 10.1. The van der Waals surface area contributed by atoms with E-state index in [4.69, 9.17) is 4.98 Å². The van der Waals surface area contributed by atoms with Crippen LogP contribution < -0.4 is 4.90 Å². The molecule has 0 spiro atoms. The fraction of sp³-hybridized carbons (Fsp3) is 0.0952. The van der Waals surface area contributed by atoms with Gasteiger partial charge in [-0.15, -0.1) is 11.3 Å². The van der Waals surface area contributed by atoms with Crippen LogP contribution in [0.1, 0.15) is 22.7 Å². The Morgan fingerprint density at radius 1 is 0.708 bits per heavy atom. The van der Waals surface area contributed by atoms with Gasteiger partial charge in [-0.3, -0.25) is 0 Å². The lowest BCUT2D eigenvalue weighted by molar-refractivity contribution is 1.01. The zero-order valence-electron chi connectivity index (χ0n) is 13.0. The molecule has 0 N–H and O–H groups in total. The standard InChI is InChI=1S/C21H16N2S/c1-3-9-15(10-4-1)19-20(23(19)16-11-5-2-6-12-16)21-22-17-13-7-8-14-18(17)24-21/h1-14,19-20H/t19-,20-,23?/m0/s1. The molecule has 24 heavy (non-hydrogen) atoms. The van der Waals surface area contributed by atoms with E-state index >= 15 is 0 Å². The maximum Gasteiger partial charge on any atom is 0.119 e. The highest BCUT2D eigenvalue weighted by Gasteiger charge is 2.51. The number of thiazole rings is 1. The first-order chi connectivity index (χ1) is 11.9. The molecule has 0 aliphatic carbocycles. The zero-order valence-corrected chi connectivity index (χ0v) is 13.9. The molecule has 0 amide bonds. The van der Waals surface area contributed by atoms with Crippen LogP contribution in [-0.4, -0.2) is 4.98 Å². The minimum Gasteiger partial charge on any atom is -0.350 e. The molecule has 0 saturated carbocycles. The SMILES string of the molecule is c1ccc([C@H]2[C@@H](c3nc4ccccc4s3)N2c2ccccc2)cc1. The summed E-state index contributed by atoms with van der Waals surface area (Å²) < 4.78 is 1.26. The van der Waals surface area contributed by atoms with Crippen molar-refractivity contribution in [3.63, 3.8) is 0 Å². The Balaban J connectivity index is 1.59. The average Bonchev–Trinajstić information content (AvgIpc) is 3.26. The van der Waals surface area contributed by atoms with Crippen molar-refractivity contribution in [1.29, 1.82) is 0 Å². The Labute approximate surface area is 145 Å². The smallest absolute Gasteiger partial charge is 0.119 e. The number of hydrogen-bond acceptors (Lipinski definition) is 3. The summed E-state index contributed by atoms with van der Waals surface area (Å²) >= 11 is 1.81. The van der Waals surface area contributed by atoms with Crippen molar-refractivity contribution < 1.29 is 0 Å². The van der Waals surface area contributed by atoms with Gasteiger partial charge in [0.1, 0.15) is 11.0 Å². The van der Waals surface area contributed by atoms with Gasteiger partial charge in [0, 0.05) is 5.69 Å². The van der Waals surface area contributed by atoms with Crippen LogP contribution in [0.5, 0.6) is 0 Å². The molecule has 1 aliphatic rings. The minimum atomic E-state index is 0.326. The Hall–Kier alpha value is -2.65. The van der Waals surface area contributed by atoms with E-state index in [-0.39, 0.29) is 0 Å². The normalized spacial score (nSPS) is 19.6. The van der Waals surface area contributed by atoms with Crippen molar-refractivity contribution in [3.8, 4) is 0 Å². The van der Waals surface area contributed by atoms with Crippen molar-refractivity contribution >= 4 is 27.2 Å². The van der Waals surface area contributed by atoms with Gasteiger partial charge in [0.15, 0.2) is 0 Å². The summed E-state index contributed by atoms with van der Waals surface area (Å²) in [6.07, 6.45) is 0. The van der Waals surface area contributed by atoms with Crippen LogP contribution in [0.25, 0.3) is 10.2 Å². The molecule has 116 valence electrons. The summed E-state index contributed by atoms with van der Waals surface area (Å²) in [6.45, 7) is 0. The van der Waals surface area contributed by atoms with Crippen LogP contribution in [0.3, 0.4) is 0 Å². The van der Waals surface area contributed by atoms with Gasteiger partial charge in [0.25, 0.3) is 0 Å². The van der Waals surface area contributed by atoms with E-state index in [1.165, 1.54) is 21.0 Å². The Bertz CT molecular complexity index is 900. The fourth-order valence-corrected chi connectivity index (χ4v) is 4.51. The molecular formula is C21H16N2S. The van der Waals surface area contributed by atoms with E-state index in [1.807, 2.05) is 11.3 Å². The average molecular weight is 328 g/mol. The number of anilines is 1. The molecule has 3 heteroatoms. The summed E-state index contributed by atoms with van der Waals surface area (Å²) in [4.78, 5) is 7.37. The molecule has 2 atom stereocenters. The fourth-order valence-electron chi connectivity index (χ4n) is 3.42. The summed E-state index contributed by atoms with van der Waals surface area (Å²) in [5.41, 5.74) is 3.71. The highest BCUT2D eigenvalue weighted by molar-refractivity contribution is 7.18. The van der Waals surface area contributed by atoms with Crippen LogP contribution in [0, 0.1) is 0 Å². The van der Waals surface area contributed by atoms with E-state index < -0.39 is 0 Å². The molecule has 1 aliphatic heterocycles. The Morgan fingerprint density at radius 2 is 1.38 bits per heavy atom. The van der Waals surface area contributed by atoms with Gasteiger partial charge in [-0.25, -0.2) is 4.98 Å². The highest BCUT2D eigenvalue weighted by atomic mass is 32.1. The number of fused-ring (bicyclic) bond motifs is 1. The summed E-state index contributed by atoms with van der Waals surface area (Å²) in [6, 6.07) is 30.5. The topological polar surface area (TPSA) is 15.9 Å². The van der Waals surface area contributed by atoms with E-state index in [1.54, 1.807) is 0 Å². The third-order valence-corrected chi connectivity index (χ3v) is 5.67. The number of nitrogens with zero attached hydrogens (tertiary/aromatic N) is 2. The van der Waals surface area contributed by atoms with E-state index in [0.29, 0.717) is 12.1 Å². The minimum absolute atomic E-state index is 0.326. The first-order valence-electron chi connectivity index (χ1n) is 8.15. The first-order valence-corrected chi connectivity index (χ1v) is 8.97. The molecule has 0 radical (unpaired) electrons. The summed E-state index contributed by atoms with van der Waals surface area (Å²) in [5.74, 6) is 0. The number of rotatable bonds is 3. The summed E-state index contributed by atoms with van der Waals surface area (Å²) in [7, 11) is 0. The maximum absolute atomic E-state index is 4.90. The van der Waals surface area contributed by atoms with Crippen LogP contribution in [0.4, 0.5) is 5.69 Å². The molecule has 1 fully saturated rings. The van der Waals surface area contributed by atoms with Gasteiger partial charge in [-0.1, -0.05) is 60.7 Å². The van der Waals surface area contributed by atoms with E-state index in [2.05, 4.69) is 89.8 Å². The van der Waals surface area contributed by atoms with Crippen LogP contribution in [0.15, 0.2) is 84.9 Å². The molecule has 2 heterocycles. The highest BCUT2D eigenvalue weighted by Crippen LogP contribution is 2.57. The van der Waals surface area contributed by atoms with Gasteiger partial charge < -0.3 is 4.90 Å². The van der Waals surface area contributed by atoms with Gasteiger partial charge in [-0.2, -0.15) is 0 Å². The van der Waals surface area contributed by atoms with Gasteiger partial charge in [0.05, 0.1) is 16.3 Å². The lowest BCUT2D eigenvalue weighted by Crippen LogP contribution is -1.94. The molecule has 4 aromatic rings. The Morgan fingerprint density at radius 3 is 2.12 bits per heavy atom. The number of para-hydroxylation sites is 2. The van der Waals surface area contributed by atoms with Crippen molar-refractivity contribution in [2.24, 2.45) is 0 Å². The molecule has 0 bridgehead atoms. The van der Waals surface area contributed by atoms with Crippen LogP contribution >= 0.6 is 11.3 Å². The lowest BCUT2D eigenvalue weighted by Gasteiger charge is -2.05. The van der Waals surface area contributed by atoms with Crippen molar-refractivity contribution in [1.82, 2.24) is 4.98 Å². The van der Waals surface area contributed by atoms with Crippen molar-refractivity contribution in [2.45, 2.75) is 12.1 Å². The largest absolute Gasteiger partial charge is 0.350 e. The zero-order chi connectivity index (χ0) is 15.9. The predicted molar refractivity (Wildman–Crippen MR) is 100 cm³/mol. The molecular weight excluding hydrogens is 312 g/mol. The second-order valence-corrected chi connectivity index (χ2v) is 7.13. The Kier molecular flexibility index (Phi) is 3.13. The van der Waals surface area contributed by atoms with Gasteiger partial charge >= 0.3 is 0 Å². The van der Waals surface area contributed by atoms with Crippen LogP contribution in [-0.2, 0) is 0 Å². The monoisotopic (exact) mass is 328 g/mol. The second kappa shape index (κ2) is 5.46. The third-order valence-electron chi connectivity index (χ3n) is 4.57. The van der Waals surface area contributed by atoms with E-state index in [0.717, 1.165) is 5.52 Å². The summed E-state index contributed by atoms with van der Waals surface area (Å²) in [5, 5.41) is 1.20. The van der Waals surface area contributed by atoms with E-state index in [9.17, 15) is 0 Å². The quantitative estimate of drug-likeness (QED) is 0.455. The number of benzene rings is 3. The molecule has 2 nitrogen and oxygen atoms in total. The van der Waals surface area contributed by atoms with Gasteiger partial charge in [0.2, 0.25) is 0 Å². The molecule has 3 aromatic carbocycles. The molecule has 5 rings (SSSR count). The molecule has 1 saturated heterocycles. The second-order valence-electron chi connectivity index (χ2n) is 6.06. The van der Waals surface area contributed by atoms with Crippen LogP contribution in [0.2, 0.25) is 0 Å².